The van der Waals surface area contributed by atoms with Gasteiger partial charge in [-0.15, -0.1) is 0 Å². The molecule has 0 saturated heterocycles. The van der Waals surface area contributed by atoms with Crippen molar-refractivity contribution < 1.29 is 19.1 Å². The van der Waals surface area contributed by atoms with Crippen molar-refractivity contribution in [2.24, 2.45) is 0 Å². The number of esters is 1. The van der Waals surface area contributed by atoms with Crippen LogP contribution in [0.2, 0.25) is 0 Å². The summed E-state index contributed by atoms with van der Waals surface area (Å²) in [7, 11) is 0. The average molecular weight is 375 g/mol. The van der Waals surface area contributed by atoms with Crippen molar-refractivity contribution >= 4 is 17.6 Å². The van der Waals surface area contributed by atoms with Gasteiger partial charge in [0.15, 0.2) is 6.61 Å². The molecule has 0 bridgehead atoms. The zero-order valence-corrected chi connectivity index (χ0v) is 15.8. The molecule has 0 fully saturated rings. The summed E-state index contributed by atoms with van der Waals surface area (Å²) in [4.78, 5) is 24.4. The molecule has 1 N–H and O–H groups in total. The van der Waals surface area contributed by atoms with Gasteiger partial charge in [-0.05, 0) is 61.4 Å². The van der Waals surface area contributed by atoms with Crippen LogP contribution in [0.15, 0.2) is 72.8 Å². The number of benzene rings is 3. The molecule has 0 radical (unpaired) electrons. The number of para-hydroxylation sites is 1. The van der Waals surface area contributed by atoms with Gasteiger partial charge in [0.25, 0.3) is 5.91 Å². The Hall–Kier alpha value is -3.60. The highest BCUT2D eigenvalue weighted by Crippen LogP contribution is 2.22. The highest BCUT2D eigenvalue weighted by atomic mass is 16.5. The van der Waals surface area contributed by atoms with Crippen molar-refractivity contribution in [1.29, 1.82) is 0 Å². The van der Waals surface area contributed by atoms with E-state index in [4.69, 9.17) is 9.47 Å². The molecule has 3 aromatic rings. The minimum absolute atomic E-state index is 0.313. The zero-order chi connectivity index (χ0) is 19.9. The van der Waals surface area contributed by atoms with Gasteiger partial charge in [-0.25, -0.2) is 4.79 Å². The van der Waals surface area contributed by atoms with Gasteiger partial charge in [0.1, 0.15) is 11.5 Å². The Morgan fingerprint density at radius 3 is 2.39 bits per heavy atom. The van der Waals surface area contributed by atoms with E-state index in [0.717, 1.165) is 11.1 Å². The average Bonchev–Trinajstić information content (AvgIpc) is 2.70. The molecule has 3 aromatic carbocycles. The fourth-order valence-electron chi connectivity index (χ4n) is 2.58. The first-order chi connectivity index (χ1) is 13.5. The lowest BCUT2D eigenvalue weighted by Gasteiger charge is -2.10. The molecule has 3 rings (SSSR count). The number of hydrogen-bond donors (Lipinski definition) is 1. The summed E-state index contributed by atoms with van der Waals surface area (Å²) in [6.07, 6.45) is 0. The highest BCUT2D eigenvalue weighted by Gasteiger charge is 2.12. The van der Waals surface area contributed by atoms with Crippen molar-refractivity contribution in [3.05, 3.63) is 89.5 Å². The standard InChI is InChI=1S/C23H21NO4/c1-16-11-12-17(2)21(13-16)24-22(25)15-27-23(26)18-7-6-10-20(14-18)28-19-8-4-3-5-9-19/h3-14H,15H2,1-2H3,(H,24,25). The molecular formula is C23H21NO4. The summed E-state index contributed by atoms with van der Waals surface area (Å²) in [6, 6.07) is 21.7. The van der Waals surface area contributed by atoms with Gasteiger partial charge < -0.3 is 14.8 Å². The van der Waals surface area contributed by atoms with Gasteiger partial charge >= 0.3 is 5.97 Å². The van der Waals surface area contributed by atoms with Crippen LogP contribution < -0.4 is 10.1 Å². The van der Waals surface area contributed by atoms with Gasteiger partial charge in [0.2, 0.25) is 0 Å². The molecule has 5 nitrogen and oxygen atoms in total. The number of hydrogen-bond acceptors (Lipinski definition) is 4. The Bertz CT molecular complexity index is 983. The SMILES string of the molecule is Cc1ccc(C)c(NC(=O)COC(=O)c2cccc(Oc3ccccc3)c2)c1. The summed E-state index contributed by atoms with van der Waals surface area (Å²) in [5.41, 5.74) is 3.00. The van der Waals surface area contributed by atoms with Crippen LogP contribution in [0.25, 0.3) is 0 Å². The van der Waals surface area contributed by atoms with E-state index in [9.17, 15) is 9.59 Å². The van der Waals surface area contributed by atoms with E-state index in [2.05, 4.69) is 5.32 Å². The number of carbonyl (C=O) groups excluding carboxylic acids is 2. The fraction of sp³-hybridized carbons (Fsp3) is 0.130. The van der Waals surface area contributed by atoms with E-state index < -0.39 is 11.9 Å². The lowest BCUT2D eigenvalue weighted by Crippen LogP contribution is -2.21. The Morgan fingerprint density at radius 1 is 0.857 bits per heavy atom. The molecule has 0 saturated carbocycles. The molecule has 1 amide bonds. The van der Waals surface area contributed by atoms with E-state index >= 15 is 0 Å². The second-order valence-corrected chi connectivity index (χ2v) is 6.39. The molecule has 0 spiro atoms. The van der Waals surface area contributed by atoms with Crippen LogP contribution in [0.3, 0.4) is 0 Å². The number of nitrogens with one attached hydrogen (secondary N) is 1. The molecule has 0 aliphatic rings. The molecule has 142 valence electrons. The molecule has 0 aromatic heterocycles. The first-order valence-corrected chi connectivity index (χ1v) is 8.88. The van der Waals surface area contributed by atoms with E-state index in [0.29, 0.717) is 22.7 Å². The smallest absolute Gasteiger partial charge is 0.338 e. The largest absolute Gasteiger partial charge is 0.457 e. The van der Waals surface area contributed by atoms with Gasteiger partial charge in [0.05, 0.1) is 5.56 Å². The fourth-order valence-corrected chi connectivity index (χ4v) is 2.58. The van der Waals surface area contributed by atoms with Crippen LogP contribution in [0.1, 0.15) is 21.5 Å². The summed E-state index contributed by atoms with van der Waals surface area (Å²) in [5, 5.41) is 2.76. The summed E-state index contributed by atoms with van der Waals surface area (Å²) < 4.78 is 10.8. The van der Waals surface area contributed by atoms with Crippen molar-refractivity contribution in [3.8, 4) is 11.5 Å². The monoisotopic (exact) mass is 375 g/mol. The van der Waals surface area contributed by atoms with E-state index in [-0.39, 0.29) is 6.61 Å². The van der Waals surface area contributed by atoms with E-state index in [1.165, 1.54) is 0 Å². The summed E-state index contributed by atoms with van der Waals surface area (Å²) >= 11 is 0. The third-order valence-electron chi connectivity index (χ3n) is 4.05. The molecule has 0 aliphatic carbocycles. The molecule has 0 unspecified atom stereocenters. The lowest BCUT2D eigenvalue weighted by molar-refractivity contribution is -0.119. The summed E-state index contributed by atoms with van der Waals surface area (Å²) in [6.45, 7) is 3.48. The van der Waals surface area contributed by atoms with Crippen molar-refractivity contribution in [2.75, 3.05) is 11.9 Å². The predicted octanol–water partition coefficient (Wildman–Crippen LogP) is 4.89. The van der Waals surface area contributed by atoms with Gasteiger partial charge in [-0.1, -0.05) is 36.4 Å². The predicted molar refractivity (Wildman–Crippen MR) is 108 cm³/mol. The van der Waals surface area contributed by atoms with Crippen LogP contribution >= 0.6 is 0 Å². The van der Waals surface area contributed by atoms with Crippen LogP contribution in [-0.2, 0) is 9.53 Å². The van der Waals surface area contributed by atoms with Crippen LogP contribution in [0, 0.1) is 13.8 Å². The molecule has 28 heavy (non-hydrogen) atoms. The number of aryl methyl sites for hydroxylation is 2. The van der Waals surface area contributed by atoms with E-state index in [1.807, 2.05) is 62.4 Å². The van der Waals surface area contributed by atoms with Crippen LogP contribution in [-0.4, -0.2) is 18.5 Å². The van der Waals surface area contributed by atoms with Crippen molar-refractivity contribution in [2.45, 2.75) is 13.8 Å². The Kier molecular flexibility index (Phi) is 6.07. The number of rotatable bonds is 6. The molecule has 0 atom stereocenters. The molecule has 0 heterocycles. The Labute approximate surface area is 163 Å². The Balaban J connectivity index is 1.58. The lowest BCUT2D eigenvalue weighted by atomic mass is 10.1. The minimum Gasteiger partial charge on any atom is -0.457 e. The normalized spacial score (nSPS) is 10.2. The molecule has 5 heteroatoms. The molecular weight excluding hydrogens is 354 g/mol. The third-order valence-corrected chi connectivity index (χ3v) is 4.05. The van der Waals surface area contributed by atoms with E-state index in [1.54, 1.807) is 24.3 Å². The van der Waals surface area contributed by atoms with Crippen LogP contribution in [0.4, 0.5) is 5.69 Å². The number of anilines is 1. The molecule has 0 aliphatic heterocycles. The number of carbonyl (C=O) groups is 2. The van der Waals surface area contributed by atoms with Gasteiger partial charge in [0, 0.05) is 5.69 Å². The number of amides is 1. The minimum atomic E-state index is -0.588. The first kappa shape index (κ1) is 19.2. The summed E-state index contributed by atoms with van der Waals surface area (Å²) in [5.74, 6) is 0.203. The second-order valence-electron chi connectivity index (χ2n) is 6.39. The highest BCUT2D eigenvalue weighted by molar-refractivity contribution is 5.96. The maximum Gasteiger partial charge on any atom is 0.338 e. The maximum atomic E-state index is 12.3. The Morgan fingerprint density at radius 2 is 1.61 bits per heavy atom. The number of ether oxygens (including phenoxy) is 2. The van der Waals surface area contributed by atoms with Crippen molar-refractivity contribution in [3.63, 3.8) is 0 Å². The first-order valence-electron chi connectivity index (χ1n) is 8.88. The van der Waals surface area contributed by atoms with Gasteiger partial charge in [-0.3, -0.25) is 4.79 Å². The van der Waals surface area contributed by atoms with Crippen LogP contribution in [0.5, 0.6) is 11.5 Å². The second kappa shape index (κ2) is 8.86. The topological polar surface area (TPSA) is 64.6 Å². The van der Waals surface area contributed by atoms with Crippen molar-refractivity contribution in [1.82, 2.24) is 0 Å². The third kappa shape index (κ3) is 5.20. The quantitative estimate of drug-likeness (QED) is 0.623. The zero-order valence-electron chi connectivity index (χ0n) is 15.8. The van der Waals surface area contributed by atoms with Gasteiger partial charge in [-0.2, -0.15) is 0 Å². The maximum absolute atomic E-state index is 12.3.